The number of rotatable bonds is 3. The molecule has 1 saturated heterocycles. The Morgan fingerprint density at radius 3 is 3.30 bits per heavy atom. The predicted octanol–water partition coefficient (Wildman–Crippen LogP) is 0.135. The van der Waals surface area contributed by atoms with Crippen molar-refractivity contribution in [3.05, 3.63) is 12.7 Å². The highest BCUT2D eigenvalue weighted by Crippen LogP contribution is 1.94. The van der Waals surface area contributed by atoms with Gasteiger partial charge in [0.05, 0.1) is 19.8 Å². The normalized spacial score (nSPS) is 26.2. The number of nitrogens with one attached hydrogen (secondary N) is 1. The van der Waals surface area contributed by atoms with Crippen molar-refractivity contribution < 1.29 is 9.47 Å². The third-order valence-corrected chi connectivity index (χ3v) is 1.30. The molecule has 1 aliphatic rings. The van der Waals surface area contributed by atoms with Crippen LogP contribution in [0.25, 0.3) is 0 Å². The molecule has 58 valence electrons. The molecule has 0 aromatic heterocycles. The van der Waals surface area contributed by atoms with E-state index in [1.165, 1.54) is 0 Å². The Morgan fingerprint density at radius 2 is 2.70 bits per heavy atom. The lowest BCUT2D eigenvalue weighted by atomic mass is 10.5. The van der Waals surface area contributed by atoms with Crippen molar-refractivity contribution in [1.82, 2.24) is 5.32 Å². The molecule has 0 amide bonds. The molecule has 1 N–H and O–H groups in total. The fourth-order valence-corrected chi connectivity index (χ4v) is 0.833. The van der Waals surface area contributed by atoms with Gasteiger partial charge >= 0.3 is 0 Å². The highest BCUT2D eigenvalue weighted by Gasteiger charge is 2.11. The second-order valence-corrected chi connectivity index (χ2v) is 2.14. The topological polar surface area (TPSA) is 30.5 Å². The summed E-state index contributed by atoms with van der Waals surface area (Å²) in [5.41, 5.74) is 0. The van der Waals surface area contributed by atoms with E-state index in [0.29, 0.717) is 13.2 Å². The SMILES string of the molecule is C=CCOC1COCCN1. The Morgan fingerprint density at radius 1 is 1.80 bits per heavy atom. The average Bonchev–Trinajstić information content (AvgIpc) is 2.03. The van der Waals surface area contributed by atoms with E-state index in [-0.39, 0.29) is 6.23 Å². The smallest absolute Gasteiger partial charge is 0.132 e. The van der Waals surface area contributed by atoms with Crippen LogP contribution in [0, 0.1) is 0 Å². The van der Waals surface area contributed by atoms with Gasteiger partial charge in [-0.15, -0.1) is 6.58 Å². The fraction of sp³-hybridized carbons (Fsp3) is 0.714. The highest BCUT2D eigenvalue weighted by molar-refractivity contribution is 4.67. The molecule has 0 saturated carbocycles. The van der Waals surface area contributed by atoms with Crippen LogP contribution in [0.3, 0.4) is 0 Å². The lowest BCUT2D eigenvalue weighted by Gasteiger charge is -2.23. The highest BCUT2D eigenvalue weighted by atomic mass is 16.5. The minimum atomic E-state index is 0.0618. The summed E-state index contributed by atoms with van der Waals surface area (Å²) in [6.07, 6.45) is 1.79. The van der Waals surface area contributed by atoms with Crippen molar-refractivity contribution >= 4 is 0 Å². The summed E-state index contributed by atoms with van der Waals surface area (Å²) < 4.78 is 10.4. The van der Waals surface area contributed by atoms with E-state index >= 15 is 0 Å². The predicted molar refractivity (Wildman–Crippen MR) is 38.8 cm³/mol. The molecular weight excluding hydrogens is 130 g/mol. The second kappa shape index (κ2) is 4.44. The molecule has 0 radical (unpaired) electrons. The Bertz CT molecular complexity index is 99.8. The van der Waals surface area contributed by atoms with Crippen molar-refractivity contribution in [2.75, 3.05) is 26.4 Å². The molecule has 0 bridgehead atoms. The minimum absolute atomic E-state index is 0.0618. The summed E-state index contributed by atoms with van der Waals surface area (Å²) in [6, 6.07) is 0. The van der Waals surface area contributed by atoms with Crippen LogP contribution in [0.5, 0.6) is 0 Å². The standard InChI is InChI=1S/C7H13NO2/c1-2-4-10-7-6-9-5-3-8-7/h2,7-8H,1,3-6H2. The third-order valence-electron chi connectivity index (χ3n) is 1.30. The van der Waals surface area contributed by atoms with Crippen LogP contribution in [-0.4, -0.2) is 32.6 Å². The van der Waals surface area contributed by atoms with Crippen LogP contribution in [0.2, 0.25) is 0 Å². The van der Waals surface area contributed by atoms with Crippen LogP contribution >= 0.6 is 0 Å². The van der Waals surface area contributed by atoms with Gasteiger partial charge in [-0.3, -0.25) is 5.32 Å². The monoisotopic (exact) mass is 143 g/mol. The molecule has 3 heteroatoms. The Balaban J connectivity index is 2.07. The summed E-state index contributed by atoms with van der Waals surface area (Å²) in [7, 11) is 0. The maximum atomic E-state index is 5.28. The largest absolute Gasteiger partial charge is 0.376 e. The number of hydrogen-bond acceptors (Lipinski definition) is 3. The van der Waals surface area contributed by atoms with E-state index in [2.05, 4.69) is 11.9 Å². The van der Waals surface area contributed by atoms with E-state index in [0.717, 1.165) is 13.2 Å². The molecule has 1 fully saturated rings. The molecule has 3 nitrogen and oxygen atoms in total. The number of morpholine rings is 1. The summed E-state index contributed by atoms with van der Waals surface area (Å²) in [6.45, 7) is 6.44. The Kier molecular flexibility index (Phi) is 3.43. The van der Waals surface area contributed by atoms with E-state index < -0.39 is 0 Å². The minimum Gasteiger partial charge on any atom is -0.376 e. The van der Waals surface area contributed by atoms with Gasteiger partial charge in [-0.05, 0) is 0 Å². The molecular formula is C7H13NO2. The summed E-state index contributed by atoms with van der Waals surface area (Å²) >= 11 is 0. The lowest BCUT2D eigenvalue weighted by Crippen LogP contribution is -2.42. The first-order chi connectivity index (χ1) is 4.93. The zero-order chi connectivity index (χ0) is 7.23. The lowest BCUT2D eigenvalue weighted by molar-refractivity contribution is -0.0521. The van der Waals surface area contributed by atoms with Gasteiger partial charge in [-0.1, -0.05) is 6.08 Å². The van der Waals surface area contributed by atoms with Gasteiger partial charge < -0.3 is 9.47 Å². The average molecular weight is 143 g/mol. The van der Waals surface area contributed by atoms with Crippen molar-refractivity contribution in [3.8, 4) is 0 Å². The van der Waals surface area contributed by atoms with Crippen molar-refractivity contribution in [1.29, 1.82) is 0 Å². The van der Waals surface area contributed by atoms with Gasteiger partial charge in [0.15, 0.2) is 0 Å². The summed E-state index contributed by atoms with van der Waals surface area (Å²) in [4.78, 5) is 0. The van der Waals surface area contributed by atoms with Gasteiger partial charge in [0.25, 0.3) is 0 Å². The fourth-order valence-electron chi connectivity index (χ4n) is 0.833. The molecule has 1 unspecified atom stereocenters. The van der Waals surface area contributed by atoms with Crippen molar-refractivity contribution in [2.24, 2.45) is 0 Å². The zero-order valence-corrected chi connectivity index (χ0v) is 6.01. The molecule has 1 atom stereocenters. The Labute approximate surface area is 61.0 Å². The molecule has 0 spiro atoms. The van der Waals surface area contributed by atoms with Crippen LogP contribution < -0.4 is 5.32 Å². The molecule has 0 aromatic rings. The molecule has 0 aliphatic carbocycles. The molecule has 0 aromatic carbocycles. The van der Waals surface area contributed by atoms with E-state index in [9.17, 15) is 0 Å². The van der Waals surface area contributed by atoms with Gasteiger partial charge in [-0.2, -0.15) is 0 Å². The summed E-state index contributed by atoms with van der Waals surface area (Å²) in [5, 5.41) is 3.16. The van der Waals surface area contributed by atoms with Crippen LogP contribution in [-0.2, 0) is 9.47 Å². The van der Waals surface area contributed by atoms with Crippen LogP contribution in [0.4, 0.5) is 0 Å². The summed E-state index contributed by atoms with van der Waals surface area (Å²) in [5.74, 6) is 0. The van der Waals surface area contributed by atoms with Gasteiger partial charge in [0.2, 0.25) is 0 Å². The molecule has 10 heavy (non-hydrogen) atoms. The van der Waals surface area contributed by atoms with Crippen molar-refractivity contribution in [3.63, 3.8) is 0 Å². The first-order valence-electron chi connectivity index (χ1n) is 3.47. The van der Waals surface area contributed by atoms with Gasteiger partial charge in [-0.25, -0.2) is 0 Å². The zero-order valence-electron chi connectivity index (χ0n) is 6.01. The van der Waals surface area contributed by atoms with Gasteiger partial charge in [0, 0.05) is 6.54 Å². The number of hydrogen-bond donors (Lipinski definition) is 1. The quantitative estimate of drug-likeness (QED) is 0.570. The maximum Gasteiger partial charge on any atom is 0.132 e. The maximum absolute atomic E-state index is 5.28. The van der Waals surface area contributed by atoms with Gasteiger partial charge in [0.1, 0.15) is 6.23 Å². The first kappa shape index (κ1) is 7.72. The third kappa shape index (κ3) is 2.47. The molecule has 1 aliphatic heterocycles. The van der Waals surface area contributed by atoms with Crippen LogP contribution in [0.1, 0.15) is 0 Å². The van der Waals surface area contributed by atoms with E-state index in [1.54, 1.807) is 6.08 Å². The Hall–Kier alpha value is -0.380. The molecule has 1 heterocycles. The first-order valence-corrected chi connectivity index (χ1v) is 3.47. The van der Waals surface area contributed by atoms with E-state index in [1.807, 2.05) is 0 Å². The van der Waals surface area contributed by atoms with Crippen molar-refractivity contribution in [2.45, 2.75) is 6.23 Å². The van der Waals surface area contributed by atoms with Crippen LogP contribution in [0.15, 0.2) is 12.7 Å². The molecule has 1 rings (SSSR count). The number of ether oxygens (including phenoxy) is 2. The van der Waals surface area contributed by atoms with E-state index in [4.69, 9.17) is 9.47 Å². The second-order valence-electron chi connectivity index (χ2n) is 2.14.